The number of nitrogens with zero attached hydrogens (tertiary/aromatic N) is 2. The molecule has 1 aromatic carbocycles. The SMILES string of the molecule is NCCCNCCC(c1ccncc1)c1cn(C2CCCCC2)c2ccccc12. The molecule has 154 valence electrons. The fourth-order valence-electron chi connectivity index (χ4n) is 4.87. The first-order chi connectivity index (χ1) is 14.4. The molecule has 0 aliphatic heterocycles. The van der Waals surface area contributed by atoms with Gasteiger partial charge in [0.15, 0.2) is 0 Å². The van der Waals surface area contributed by atoms with E-state index in [1.165, 1.54) is 54.1 Å². The van der Waals surface area contributed by atoms with Crippen LogP contribution < -0.4 is 11.1 Å². The second kappa shape index (κ2) is 10.0. The molecule has 1 saturated carbocycles. The Bertz CT molecular complexity index is 880. The fourth-order valence-corrected chi connectivity index (χ4v) is 4.87. The number of fused-ring (bicyclic) bond motifs is 1. The normalized spacial score (nSPS) is 16.3. The molecule has 3 aromatic rings. The molecule has 0 saturated heterocycles. The summed E-state index contributed by atoms with van der Waals surface area (Å²) in [5.41, 5.74) is 9.84. The van der Waals surface area contributed by atoms with Crippen LogP contribution in [0.2, 0.25) is 0 Å². The van der Waals surface area contributed by atoms with Gasteiger partial charge in [-0.25, -0.2) is 0 Å². The molecule has 4 rings (SSSR count). The first-order valence-electron chi connectivity index (χ1n) is 11.3. The van der Waals surface area contributed by atoms with Crippen LogP contribution in [0.5, 0.6) is 0 Å². The molecule has 1 aliphatic carbocycles. The molecule has 0 spiro atoms. The number of rotatable bonds is 9. The average molecular weight is 391 g/mol. The number of nitrogens with two attached hydrogens (primary N) is 1. The van der Waals surface area contributed by atoms with Gasteiger partial charge in [-0.05, 0) is 74.6 Å². The van der Waals surface area contributed by atoms with Crippen LogP contribution in [0.15, 0.2) is 55.0 Å². The van der Waals surface area contributed by atoms with Crippen LogP contribution in [0.4, 0.5) is 0 Å². The van der Waals surface area contributed by atoms with Crippen LogP contribution in [0.3, 0.4) is 0 Å². The molecular formula is C25H34N4. The second-order valence-corrected chi connectivity index (χ2v) is 8.31. The van der Waals surface area contributed by atoms with Gasteiger partial charge in [-0.1, -0.05) is 37.5 Å². The highest BCUT2D eigenvalue weighted by Crippen LogP contribution is 2.38. The number of hydrogen-bond donors (Lipinski definition) is 2. The van der Waals surface area contributed by atoms with Crippen molar-refractivity contribution in [1.82, 2.24) is 14.9 Å². The number of aromatic nitrogens is 2. The lowest BCUT2D eigenvalue weighted by Crippen LogP contribution is -2.21. The van der Waals surface area contributed by atoms with E-state index in [4.69, 9.17) is 5.73 Å². The topological polar surface area (TPSA) is 55.9 Å². The Morgan fingerprint density at radius 3 is 2.62 bits per heavy atom. The molecule has 1 fully saturated rings. The zero-order valence-corrected chi connectivity index (χ0v) is 17.4. The highest BCUT2D eigenvalue weighted by molar-refractivity contribution is 5.85. The molecular weight excluding hydrogens is 356 g/mol. The molecule has 1 aliphatic rings. The van der Waals surface area contributed by atoms with Crippen LogP contribution in [0.1, 0.15) is 68.0 Å². The van der Waals surface area contributed by atoms with Crippen molar-refractivity contribution in [3.63, 3.8) is 0 Å². The minimum Gasteiger partial charge on any atom is -0.344 e. The Morgan fingerprint density at radius 2 is 1.83 bits per heavy atom. The third-order valence-corrected chi connectivity index (χ3v) is 6.39. The van der Waals surface area contributed by atoms with Crippen molar-refractivity contribution in [1.29, 1.82) is 0 Å². The van der Waals surface area contributed by atoms with Crippen LogP contribution in [0, 0.1) is 0 Å². The third-order valence-electron chi connectivity index (χ3n) is 6.39. The summed E-state index contributed by atoms with van der Waals surface area (Å²) in [6, 6.07) is 14.0. The molecule has 0 amide bonds. The van der Waals surface area contributed by atoms with E-state index in [9.17, 15) is 0 Å². The van der Waals surface area contributed by atoms with Gasteiger partial charge in [0.2, 0.25) is 0 Å². The van der Waals surface area contributed by atoms with E-state index in [2.05, 4.69) is 57.5 Å². The van der Waals surface area contributed by atoms with Gasteiger partial charge in [0.1, 0.15) is 0 Å². The molecule has 3 N–H and O–H groups in total. The Labute approximate surface area is 174 Å². The minimum atomic E-state index is 0.373. The lowest BCUT2D eigenvalue weighted by Gasteiger charge is -2.24. The molecule has 2 aromatic heterocycles. The van der Waals surface area contributed by atoms with Gasteiger partial charge in [-0.2, -0.15) is 0 Å². The lowest BCUT2D eigenvalue weighted by atomic mass is 9.89. The lowest BCUT2D eigenvalue weighted by molar-refractivity contribution is 0.360. The van der Waals surface area contributed by atoms with E-state index in [0.29, 0.717) is 12.0 Å². The maximum atomic E-state index is 5.64. The summed E-state index contributed by atoms with van der Waals surface area (Å²) in [4.78, 5) is 4.25. The number of benzene rings is 1. The van der Waals surface area contributed by atoms with Crippen molar-refractivity contribution < 1.29 is 0 Å². The molecule has 0 bridgehead atoms. The molecule has 4 nitrogen and oxygen atoms in total. The Hall–Kier alpha value is -2.17. The average Bonchev–Trinajstić information content (AvgIpc) is 3.17. The minimum absolute atomic E-state index is 0.373. The zero-order valence-electron chi connectivity index (χ0n) is 17.4. The molecule has 29 heavy (non-hydrogen) atoms. The van der Waals surface area contributed by atoms with Gasteiger partial charge in [0.25, 0.3) is 0 Å². The molecule has 1 unspecified atom stereocenters. The van der Waals surface area contributed by atoms with Crippen LogP contribution >= 0.6 is 0 Å². The highest BCUT2D eigenvalue weighted by Gasteiger charge is 2.23. The quantitative estimate of drug-likeness (QED) is 0.505. The summed E-state index contributed by atoms with van der Waals surface area (Å²) in [5.74, 6) is 0.373. The summed E-state index contributed by atoms with van der Waals surface area (Å²) in [6.07, 6.45) is 15.1. The molecule has 1 atom stereocenters. The summed E-state index contributed by atoms with van der Waals surface area (Å²) in [5, 5.41) is 4.98. The van der Waals surface area contributed by atoms with Gasteiger partial charge in [-0.15, -0.1) is 0 Å². The van der Waals surface area contributed by atoms with E-state index < -0.39 is 0 Å². The van der Waals surface area contributed by atoms with E-state index in [1.54, 1.807) is 0 Å². The van der Waals surface area contributed by atoms with Gasteiger partial charge in [0, 0.05) is 41.5 Å². The first-order valence-corrected chi connectivity index (χ1v) is 11.3. The molecule has 4 heteroatoms. The first kappa shape index (κ1) is 20.1. The second-order valence-electron chi connectivity index (χ2n) is 8.31. The molecule has 0 radical (unpaired) electrons. The van der Waals surface area contributed by atoms with Crippen LogP contribution in [0.25, 0.3) is 10.9 Å². The van der Waals surface area contributed by atoms with Gasteiger partial charge in [-0.3, -0.25) is 4.98 Å². The third kappa shape index (κ3) is 4.71. The van der Waals surface area contributed by atoms with Crippen molar-refractivity contribution in [3.8, 4) is 0 Å². The number of pyridine rings is 1. The highest BCUT2D eigenvalue weighted by atomic mass is 15.0. The number of hydrogen-bond acceptors (Lipinski definition) is 3. The Balaban J connectivity index is 1.67. The largest absolute Gasteiger partial charge is 0.344 e. The van der Waals surface area contributed by atoms with E-state index >= 15 is 0 Å². The smallest absolute Gasteiger partial charge is 0.0485 e. The monoisotopic (exact) mass is 390 g/mol. The summed E-state index contributed by atoms with van der Waals surface area (Å²) < 4.78 is 2.58. The van der Waals surface area contributed by atoms with Crippen molar-refractivity contribution in [2.45, 2.75) is 56.9 Å². The number of nitrogens with one attached hydrogen (secondary N) is 1. The predicted molar refractivity (Wildman–Crippen MR) is 121 cm³/mol. The van der Waals surface area contributed by atoms with Gasteiger partial charge < -0.3 is 15.6 Å². The standard InChI is InChI=1S/C25H34N4/c26-14-6-15-27-18-13-22(20-11-16-28-17-12-20)24-19-29(21-7-2-1-3-8-21)25-10-5-4-9-23(24)25/h4-5,9-12,16-17,19,21-22,27H,1-3,6-8,13-15,18,26H2. The van der Waals surface area contributed by atoms with E-state index in [0.717, 1.165) is 32.5 Å². The Morgan fingerprint density at radius 1 is 1.03 bits per heavy atom. The van der Waals surface area contributed by atoms with Crippen molar-refractivity contribution in [2.75, 3.05) is 19.6 Å². The van der Waals surface area contributed by atoms with Gasteiger partial charge in [0.05, 0.1) is 0 Å². The maximum absolute atomic E-state index is 5.64. The summed E-state index contributed by atoms with van der Waals surface area (Å²) >= 11 is 0. The molecule has 2 heterocycles. The summed E-state index contributed by atoms with van der Waals surface area (Å²) in [7, 11) is 0. The van der Waals surface area contributed by atoms with E-state index in [1.807, 2.05) is 12.4 Å². The van der Waals surface area contributed by atoms with Crippen LogP contribution in [-0.4, -0.2) is 29.2 Å². The zero-order chi connectivity index (χ0) is 19.9. The van der Waals surface area contributed by atoms with Crippen molar-refractivity contribution in [2.24, 2.45) is 5.73 Å². The van der Waals surface area contributed by atoms with Crippen molar-refractivity contribution >= 4 is 10.9 Å². The van der Waals surface area contributed by atoms with Crippen molar-refractivity contribution in [3.05, 3.63) is 66.1 Å². The van der Waals surface area contributed by atoms with Gasteiger partial charge >= 0.3 is 0 Å². The fraction of sp³-hybridized carbons (Fsp3) is 0.480. The summed E-state index contributed by atoms with van der Waals surface area (Å²) in [6.45, 7) is 2.73. The Kier molecular flexibility index (Phi) is 6.96. The predicted octanol–water partition coefficient (Wildman–Crippen LogP) is 5.00. The number of para-hydroxylation sites is 1. The van der Waals surface area contributed by atoms with E-state index in [-0.39, 0.29) is 0 Å². The maximum Gasteiger partial charge on any atom is 0.0485 e. The van der Waals surface area contributed by atoms with Crippen LogP contribution in [-0.2, 0) is 0 Å².